The molecule has 0 saturated heterocycles. The number of nitrogens with zero attached hydrogens (tertiary/aromatic N) is 1. The molecule has 136 valence electrons. The summed E-state index contributed by atoms with van der Waals surface area (Å²) in [5, 5.41) is 13.5. The summed E-state index contributed by atoms with van der Waals surface area (Å²) in [6.45, 7) is 1.19. The fourth-order valence-corrected chi connectivity index (χ4v) is 2.82. The van der Waals surface area contributed by atoms with Gasteiger partial charge in [-0.1, -0.05) is 0 Å². The zero-order valence-electron chi connectivity index (χ0n) is 13.7. The Morgan fingerprint density at radius 3 is 2.65 bits per heavy atom. The van der Waals surface area contributed by atoms with Gasteiger partial charge in [0.15, 0.2) is 6.61 Å². The van der Waals surface area contributed by atoms with Crippen molar-refractivity contribution in [2.24, 2.45) is 0 Å². The standard InChI is InChI=1S/C16H15N3O6S/c1-9(20)18-7-11-3-5-15(26-11)14(21)8-25-16(22)10-2-4-12(17)13(6-10)19(23)24/h2-6H,7-8,17H2,1H3,(H,18,20). The molecule has 1 amide bonds. The number of thiophene rings is 1. The van der Waals surface area contributed by atoms with Gasteiger partial charge in [-0.3, -0.25) is 19.7 Å². The van der Waals surface area contributed by atoms with Crippen molar-refractivity contribution in [2.75, 3.05) is 12.3 Å². The molecule has 1 aromatic heterocycles. The number of ether oxygens (including phenoxy) is 1. The van der Waals surface area contributed by atoms with Crippen LogP contribution in [0.1, 0.15) is 31.8 Å². The number of hydrogen-bond acceptors (Lipinski definition) is 8. The highest BCUT2D eigenvalue weighted by Crippen LogP contribution is 2.23. The van der Waals surface area contributed by atoms with Gasteiger partial charge in [0.1, 0.15) is 5.69 Å². The van der Waals surface area contributed by atoms with Crippen LogP contribution in [-0.2, 0) is 16.1 Å². The van der Waals surface area contributed by atoms with Crippen LogP contribution in [0.15, 0.2) is 30.3 Å². The Labute approximate surface area is 151 Å². The lowest BCUT2D eigenvalue weighted by atomic mass is 10.2. The molecule has 0 bridgehead atoms. The van der Waals surface area contributed by atoms with Gasteiger partial charge in [0.2, 0.25) is 11.7 Å². The minimum Gasteiger partial charge on any atom is -0.454 e. The zero-order chi connectivity index (χ0) is 19.3. The van der Waals surface area contributed by atoms with Crippen molar-refractivity contribution >= 4 is 40.4 Å². The Morgan fingerprint density at radius 2 is 2.00 bits per heavy atom. The molecule has 3 N–H and O–H groups in total. The number of amides is 1. The summed E-state index contributed by atoms with van der Waals surface area (Å²) in [4.78, 5) is 46.2. The summed E-state index contributed by atoms with van der Waals surface area (Å²) in [6.07, 6.45) is 0. The van der Waals surface area contributed by atoms with Gasteiger partial charge in [0.05, 0.1) is 21.9 Å². The minimum absolute atomic E-state index is 0.0729. The van der Waals surface area contributed by atoms with Crippen LogP contribution in [0.3, 0.4) is 0 Å². The monoisotopic (exact) mass is 377 g/mol. The predicted octanol–water partition coefficient (Wildman–Crippen LogP) is 1.91. The van der Waals surface area contributed by atoms with Gasteiger partial charge in [0, 0.05) is 17.9 Å². The third-order valence-corrected chi connectivity index (χ3v) is 4.37. The number of nitrogen functional groups attached to an aromatic ring is 1. The summed E-state index contributed by atoms with van der Waals surface area (Å²) in [7, 11) is 0. The van der Waals surface area contributed by atoms with Gasteiger partial charge < -0.3 is 15.8 Å². The summed E-state index contributed by atoms with van der Waals surface area (Å²) in [5.41, 5.74) is 4.90. The number of esters is 1. The molecule has 0 fully saturated rings. The number of hydrogen-bond donors (Lipinski definition) is 2. The number of benzene rings is 1. The maximum Gasteiger partial charge on any atom is 0.338 e. The maximum atomic E-state index is 12.1. The first kappa shape index (κ1) is 19.1. The third-order valence-electron chi connectivity index (χ3n) is 3.25. The molecule has 9 nitrogen and oxygen atoms in total. The van der Waals surface area contributed by atoms with E-state index in [-0.39, 0.29) is 17.2 Å². The number of nitro groups is 1. The number of nitrogens with one attached hydrogen (secondary N) is 1. The SMILES string of the molecule is CC(=O)NCc1ccc(C(=O)COC(=O)c2ccc(N)c([N+](=O)[O-])c2)s1. The molecule has 0 aliphatic heterocycles. The van der Waals surface area contributed by atoms with Crippen LogP contribution in [0.5, 0.6) is 0 Å². The van der Waals surface area contributed by atoms with E-state index in [4.69, 9.17) is 10.5 Å². The molecule has 0 aliphatic carbocycles. The van der Waals surface area contributed by atoms with E-state index in [9.17, 15) is 24.5 Å². The van der Waals surface area contributed by atoms with Crippen molar-refractivity contribution in [3.63, 3.8) is 0 Å². The van der Waals surface area contributed by atoms with Crippen LogP contribution in [0, 0.1) is 10.1 Å². The Bertz CT molecular complexity index is 877. The van der Waals surface area contributed by atoms with E-state index < -0.39 is 29.0 Å². The van der Waals surface area contributed by atoms with E-state index in [2.05, 4.69) is 5.32 Å². The first-order valence-corrected chi connectivity index (χ1v) is 8.17. The molecule has 2 aromatic rings. The highest BCUT2D eigenvalue weighted by molar-refractivity contribution is 7.14. The molecule has 0 atom stereocenters. The first-order chi connectivity index (χ1) is 12.3. The Balaban J connectivity index is 1.97. The quantitative estimate of drug-likeness (QED) is 0.247. The average Bonchev–Trinajstić information content (AvgIpc) is 3.06. The molecule has 0 saturated carbocycles. The Morgan fingerprint density at radius 1 is 1.27 bits per heavy atom. The van der Waals surface area contributed by atoms with Crippen LogP contribution in [-0.4, -0.2) is 29.2 Å². The Hall–Kier alpha value is -3.27. The van der Waals surface area contributed by atoms with E-state index in [1.807, 2.05) is 0 Å². The van der Waals surface area contributed by atoms with Gasteiger partial charge in [-0.2, -0.15) is 0 Å². The maximum absolute atomic E-state index is 12.1. The molecule has 1 heterocycles. The second-order valence-corrected chi connectivity index (χ2v) is 6.37. The van der Waals surface area contributed by atoms with Gasteiger partial charge in [-0.25, -0.2) is 4.79 Å². The lowest BCUT2D eigenvalue weighted by Gasteiger charge is -2.04. The number of nitro benzene ring substituents is 1. The number of nitrogens with two attached hydrogens (primary N) is 1. The van der Waals surface area contributed by atoms with E-state index in [1.54, 1.807) is 12.1 Å². The van der Waals surface area contributed by atoms with Crippen molar-refractivity contribution in [1.29, 1.82) is 0 Å². The van der Waals surface area contributed by atoms with Crippen molar-refractivity contribution in [3.8, 4) is 0 Å². The number of carbonyl (C=O) groups excluding carboxylic acids is 3. The highest BCUT2D eigenvalue weighted by atomic mass is 32.1. The molecule has 0 spiro atoms. The lowest BCUT2D eigenvalue weighted by Crippen LogP contribution is -2.18. The molecule has 10 heteroatoms. The Kier molecular flexibility index (Phi) is 6.02. The summed E-state index contributed by atoms with van der Waals surface area (Å²) in [5.74, 6) is -1.46. The van der Waals surface area contributed by atoms with Crippen LogP contribution >= 0.6 is 11.3 Å². The number of carbonyl (C=O) groups is 3. The van der Waals surface area contributed by atoms with Crippen LogP contribution in [0.25, 0.3) is 0 Å². The van der Waals surface area contributed by atoms with Crippen LogP contribution < -0.4 is 11.1 Å². The van der Waals surface area contributed by atoms with Crippen molar-refractivity contribution in [3.05, 3.63) is 55.8 Å². The molecule has 2 rings (SSSR count). The minimum atomic E-state index is -0.864. The van der Waals surface area contributed by atoms with Crippen molar-refractivity contribution in [2.45, 2.75) is 13.5 Å². The largest absolute Gasteiger partial charge is 0.454 e. The zero-order valence-corrected chi connectivity index (χ0v) is 14.5. The van der Waals surface area contributed by atoms with Crippen LogP contribution in [0.4, 0.5) is 11.4 Å². The topological polar surface area (TPSA) is 142 Å². The van der Waals surface area contributed by atoms with E-state index >= 15 is 0 Å². The second kappa shape index (κ2) is 8.21. The highest BCUT2D eigenvalue weighted by Gasteiger charge is 2.18. The molecule has 0 radical (unpaired) electrons. The molecular weight excluding hydrogens is 362 g/mol. The normalized spacial score (nSPS) is 10.2. The number of ketones is 1. The second-order valence-electron chi connectivity index (χ2n) is 5.21. The fourth-order valence-electron chi connectivity index (χ4n) is 1.95. The number of rotatable bonds is 7. The summed E-state index contributed by atoms with van der Waals surface area (Å²) < 4.78 is 4.91. The number of anilines is 1. The lowest BCUT2D eigenvalue weighted by molar-refractivity contribution is -0.383. The first-order valence-electron chi connectivity index (χ1n) is 7.35. The molecule has 0 aliphatic rings. The third kappa shape index (κ3) is 4.86. The molecule has 1 aromatic carbocycles. The average molecular weight is 377 g/mol. The van der Waals surface area contributed by atoms with Gasteiger partial charge in [-0.05, 0) is 24.3 Å². The van der Waals surface area contributed by atoms with E-state index in [0.29, 0.717) is 11.4 Å². The van der Waals surface area contributed by atoms with Gasteiger partial charge in [0.25, 0.3) is 5.69 Å². The van der Waals surface area contributed by atoms with Crippen molar-refractivity contribution in [1.82, 2.24) is 5.32 Å². The number of Topliss-reactive ketones (excluding diaryl/α,β-unsaturated/α-hetero) is 1. The van der Waals surface area contributed by atoms with E-state index in [0.717, 1.165) is 10.9 Å². The van der Waals surface area contributed by atoms with E-state index in [1.165, 1.54) is 30.4 Å². The van der Waals surface area contributed by atoms with Crippen molar-refractivity contribution < 1.29 is 24.0 Å². The summed E-state index contributed by atoms with van der Waals surface area (Å²) >= 11 is 1.18. The van der Waals surface area contributed by atoms with Gasteiger partial charge in [-0.15, -0.1) is 11.3 Å². The van der Waals surface area contributed by atoms with Crippen LogP contribution in [0.2, 0.25) is 0 Å². The molecule has 26 heavy (non-hydrogen) atoms. The molecule has 0 unspecified atom stereocenters. The predicted molar refractivity (Wildman–Crippen MR) is 94.0 cm³/mol. The smallest absolute Gasteiger partial charge is 0.338 e. The summed E-state index contributed by atoms with van der Waals surface area (Å²) in [6, 6.07) is 6.78. The molecular formula is C16H15N3O6S. The van der Waals surface area contributed by atoms with Gasteiger partial charge >= 0.3 is 5.97 Å². The fraction of sp³-hybridized carbons (Fsp3) is 0.188.